The molecule has 0 amide bonds. The Labute approximate surface area is 137 Å². The number of nitrogens with one attached hydrogen (secondary N) is 1. The van der Waals surface area contributed by atoms with Gasteiger partial charge in [0.25, 0.3) is 0 Å². The van der Waals surface area contributed by atoms with Crippen molar-refractivity contribution in [3.63, 3.8) is 0 Å². The number of hydrogen-bond donors (Lipinski definition) is 1. The first-order valence-electron chi connectivity index (χ1n) is 7.93. The molecule has 0 radical (unpaired) electrons. The van der Waals surface area contributed by atoms with Crippen molar-refractivity contribution in [2.75, 3.05) is 18.5 Å². The topological polar surface area (TPSA) is 33.6 Å². The Morgan fingerprint density at radius 2 is 1.78 bits per heavy atom. The maximum atomic E-state index is 5.56. The minimum absolute atomic E-state index is 0.663. The van der Waals surface area contributed by atoms with Crippen LogP contribution in [0.4, 0.5) is 5.69 Å². The number of anilines is 1. The lowest BCUT2D eigenvalue weighted by atomic mass is 10.0. The molecule has 23 heavy (non-hydrogen) atoms. The maximum absolute atomic E-state index is 5.56. The monoisotopic (exact) mass is 306 g/mol. The van der Waals surface area contributed by atoms with E-state index in [9.17, 15) is 0 Å². The summed E-state index contributed by atoms with van der Waals surface area (Å²) in [6.45, 7) is 7.79. The first-order chi connectivity index (χ1) is 11.1. The van der Waals surface area contributed by atoms with Crippen LogP contribution < -0.4 is 5.32 Å². The minimum Gasteiger partial charge on any atom is -0.476 e. The van der Waals surface area contributed by atoms with E-state index in [0.717, 1.165) is 23.5 Å². The van der Waals surface area contributed by atoms with E-state index in [2.05, 4.69) is 55.3 Å². The van der Waals surface area contributed by atoms with E-state index in [-0.39, 0.29) is 0 Å². The van der Waals surface area contributed by atoms with Crippen molar-refractivity contribution in [2.45, 2.75) is 20.8 Å². The van der Waals surface area contributed by atoms with Crippen molar-refractivity contribution in [1.29, 1.82) is 0 Å². The van der Waals surface area contributed by atoms with Gasteiger partial charge in [0, 0.05) is 11.8 Å². The fourth-order valence-electron chi connectivity index (χ4n) is 2.88. The average Bonchev–Trinajstić information content (AvgIpc) is 3.03. The normalized spacial score (nSPS) is 14.4. The van der Waals surface area contributed by atoms with Gasteiger partial charge in [0.2, 0.25) is 5.90 Å². The van der Waals surface area contributed by atoms with Crippen molar-refractivity contribution in [3.8, 4) is 0 Å². The van der Waals surface area contributed by atoms with Crippen LogP contribution in [-0.2, 0) is 4.74 Å². The van der Waals surface area contributed by atoms with Crippen molar-refractivity contribution in [2.24, 2.45) is 4.99 Å². The summed E-state index contributed by atoms with van der Waals surface area (Å²) in [4.78, 5) is 4.38. The van der Waals surface area contributed by atoms with Crippen molar-refractivity contribution >= 4 is 17.3 Å². The molecule has 118 valence electrons. The lowest BCUT2D eigenvalue weighted by molar-refractivity contribution is 0.350. The summed E-state index contributed by atoms with van der Waals surface area (Å²) in [5.74, 6) is 0.693. The number of aliphatic imine (C=N–C) groups is 1. The number of hydrogen-bond acceptors (Lipinski definition) is 3. The summed E-state index contributed by atoms with van der Waals surface area (Å²) in [6, 6.07) is 14.7. The molecule has 0 aliphatic carbocycles. The standard InChI is InChI=1S/C20H22N2O/c1-14-11-15(2)20(16(3)12-14)22-18(13-19-21-9-10-23-19)17-7-5-4-6-8-17/h4-8,11-13,22H,9-10H2,1-3H3. The van der Waals surface area contributed by atoms with Gasteiger partial charge in [0.1, 0.15) is 6.61 Å². The second kappa shape index (κ2) is 6.69. The summed E-state index contributed by atoms with van der Waals surface area (Å²) in [5, 5.41) is 3.59. The van der Waals surface area contributed by atoms with E-state index in [0.29, 0.717) is 12.5 Å². The van der Waals surface area contributed by atoms with Gasteiger partial charge in [-0.05, 0) is 37.5 Å². The molecule has 1 aliphatic heterocycles. The van der Waals surface area contributed by atoms with Gasteiger partial charge in [-0.3, -0.25) is 0 Å². The summed E-state index contributed by atoms with van der Waals surface area (Å²) in [5.41, 5.74) is 7.01. The highest BCUT2D eigenvalue weighted by Crippen LogP contribution is 2.26. The zero-order chi connectivity index (χ0) is 16.2. The predicted octanol–water partition coefficient (Wildman–Crippen LogP) is 4.49. The van der Waals surface area contributed by atoms with E-state index < -0.39 is 0 Å². The van der Waals surface area contributed by atoms with Crippen LogP contribution in [0.2, 0.25) is 0 Å². The molecule has 2 aromatic rings. The van der Waals surface area contributed by atoms with Crippen LogP contribution in [0.5, 0.6) is 0 Å². The zero-order valence-electron chi connectivity index (χ0n) is 13.9. The lowest BCUT2D eigenvalue weighted by Gasteiger charge is -2.17. The molecule has 0 aromatic heterocycles. The molecule has 0 spiro atoms. The van der Waals surface area contributed by atoms with Crippen molar-refractivity contribution < 1.29 is 4.74 Å². The summed E-state index contributed by atoms with van der Waals surface area (Å²) >= 11 is 0. The summed E-state index contributed by atoms with van der Waals surface area (Å²) in [6.07, 6.45) is 1.99. The Hall–Kier alpha value is -2.55. The maximum Gasteiger partial charge on any atom is 0.210 e. The second-order valence-corrected chi connectivity index (χ2v) is 5.89. The largest absolute Gasteiger partial charge is 0.476 e. The Kier molecular flexibility index (Phi) is 4.47. The van der Waals surface area contributed by atoms with Crippen molar-refractivity contribution in [3.05, 3.63) is 70.8 Å². The van der Waals surface area contributed by atoms with Gasteiger partial charge in [-0.25, -0.2) is 4.99 Å². The predicted molar refractivity (Wildman–Crippen MR) is 96.9 cm³/mol. The smallest absolute Gasteiger partial charge is 0.210 e. The van der Waals surface area contributed by atoms with Crippen LogP contribution in [0.1, 0.15) is 22.3 Å². The molecule has 0 bridgehead atoms. The quantitative estimate of drug-likeness (QED) is 0.902. The van der Waals surface area contributed by atoms with Gasteiger partial charge >= 0.3 is 0 Å². The van der Waals surface area contributed by atoms with Crippen LogP contribution >= 0.6 is 0 Å². The fraction of sp³-hybridized carbons (Fsp3) is 0.250. The number of nitrogens with zero attached hydrogens (tertiary/aromatic N) is 1. The third kappa shape index (κ3) is 3.62. The first kappa shape index (κ1) is 15.3. The average molecular weight is 306 g/mol. The second-order valence-electron chi connectivity index (χ2n) is 5.89. The van der Waals surface area contributed by atoms with Crippen molar-refractivity contribution in [1.82, 2.24) is 0 Å². The molecule has 1 heterocycles. The summed E-state index contributed by atoms with van der Waals surface area (Å²) < 4.78 is 5.56. The molecule has 3 heteroatoms. The molecule has 2 aromatic carbocycles. The van der Waals surface area contributed by atoms with E-state index in [1.54, 1.807) is 0 Å². The van der Waals surface area contributed by atoms with Gasteiger partial charge < -0.3 is 10.1 Å². The fourth-order valence-corrected chi connectivity index (χ4v) is 2.88. The Morgan fingerprint density at radius 3 is 2.39 bits per heavy atom. The molecule has 3 nitrogen and oxygen atoms in total. The molecule has 0 saturated heterocycles. The van der Waals surface area contributed by atoms with Crippen LogP contribution in [0, 0.1) is 20.8 Å². The highest BCUT2D eigenvalue weighted by Gasteiger charge is 2.11. The third-order valence-electron chi connectivity index (χ3n) is 3.90. The highest BCUT2D eigenvalue weighted by molar-refractivity contribution is 5.98. The Bertz CT molecular complexity index is 737. The highest BCUT2D eigenvalue weighted by atomic mass is 16.5. The van der Waals surface area contributed by atoms with Gasteiger partial charge in [-0.15, -0.1) is 0 Å². The van der Waals surface area contributed by atoms with Gasteiger partial charge in [0.15, 0.2) is 0 Å². The number of benzene rings is 2. The SMILES string of the molecule is Cc1cc(C)c(NC(=CC2=NCCO2)c2ccccc2)c(C)c1. The molecule has 0 fully saturated rings. The summed E-state index contributed by atoms with van der Waals surface area (Å²) in [7, 11) is 0. The number of aryl methyl sites for hydroxylation is 3. The van der Waals surface area contributed by atoms with Crippen LogP contribution in [0.3, 0.4) is 0 Å². The molecule has 3 rings (SSSR count). The molecule has 0 atom stereocenters. The Morgan fingerprint density at radius 1 is 1.09 bits per heavy atom. The van der Waals surface area contributed by atoms with E-state index in [1.165, 1.54) is 16.7 Å². The minimum atomic E-state index is 0.663. The van der Waals surface area contributed by atoms with Gasteiger partial charge in [-0.1, -0.05) is 48.0 Å². The molecule has 1 N–H and O–H groups in total. The van der Waals surface area contributed by atoms with Crippen LogP contribution in [-0.4, -0.2) is 19.0 Å². The lowest BCUT2D eigenvalue weighted by Crippen LogP contribution is -2.06. The van der Waals surface area contributed by atoms with E-state index in [4.69, 9.17) is 4.74 Å². The first-order valence-corrected chi connectivity index (χ1v) is 7.93. The number of ether oxygens (including phenoxy) is 1. The molecular weight excluding hydrogens is 284 g/mol. The number of rotatable bonds is 4. The molecular formula is C20H22N2O. The zero-order valence-corrected chi connectivity index (χ0v) is 13.9. The molecule has 1 aliphatic rings. The molecule has 0 saturated carbocycles. The third-order valence-corrected chi connectivity index (χ3v) is 3.90. The van der Waals surface area contributed by atoms with E-state index in [1.807, 2.05) is 24.3 Å². The molecule has 0 unspecified atom stereocenters. The van der Waals surface area contributed by atoms with E-state index >= 15 is 0 Å². The van der Waals surface area contributed by atoms with Gasteiger partial charge in [-0.2, -0.15) is 0 Å². The Balaban J connectivity index is 2.00. The van der Waals surface area contributed by atoms with Crippen LogP contribution in [0.15, 0.2) is 53.5 Å². The van der Waals surface area contributed by atoms with Gasteiger partial charge in [0.05, 0.1) is 12.2 Å². The van der Waals surface area contributed by atoms with Crippen LogP contribution in [0.25, 0.3) is 5.70 Å².